The molecule has 6 nitrogen and oxygen atoms in total. The fourth-order valence-corrected chi connectivity index (χ4v) is 3.53. The average Bonchev–Trinajstić information content (AvgIpc) is 3.25. The molecule has 2 N–H and O–H groups in total. The molecule has 0 spiro atoms. The minimum absolute atomic E-state index is 0. The Morgan fingerprint density at radius 2 is 1.83 bits per heavy atom. The van der Waals surface area contributed by atoms with E-state index in [9.17, 15) is 0 Å². The molecule has 2 aromatic rings. The van der Waals surface area contributed by atoms with Crippen LogP contribution in [-0.4, -0.2) is 39.9 Å². The number of methoxy groups -OCH3 is 2. The van der Waals surface area contributed by atoms with E-state index in [1.165, 1.54) is 4.88 Å². The van der Waals surface area contributed by atoms with Gasteiger partial charge in [0, 0.05) is 23.9 Å². The third kappa shape index (κ3) is 7.58. The van der Waals surface area contributed by atoms with E-state index < -0.39 is 0 Å². The number of benzene rings is 1. The van der Waals surface area contributed by atoms with Crippen LogP contribution in [0.5, 0.6) is 17.2 Å². The van der Waals surface area contributed by atoms with E-state index >= 15 is 0 Å². The first-order valence-corrected chi connectivity index (χ1v) is 10.4. The molecular formula is C21H32IN3O3S. The lowest BCUT2D eigenvalue weighted by Gasteiger charge is -2.16. The first-order valence-electron chi connectivity index (χ1n) is 9.56. The quantitative estimate of drug-likeness (QED) is 0.265. The number of guanidine groups is 1. The van der Waals surface area contributed by atoms with Crippen LogP contribution in [-0.2, 0) is 6.54 Å². The Labute approximate surface area is 195 Å². The maximum absolute atomic E-state index is 5.66. The van der Waals surface area contributed by atoms with E-state index in [0.29, 0.717) is 36.3 Å². The number of nitrogens with one attached hydrogen (secondary N) is 2. The molecule has 0 aliphatic carbocycles. The second-order valence-electron chi connectivity index (χ2n) is 6.26. The van der Waals surface area contributed by atoms with E-state index in [1.807, 2.05) is 19.1 Å². The molecule has 1 unspecified atom stereocenters. The summed E-state index contributed by atoms with van der Waals surface area (Å²) in [6.45, 7) is 8.87. The highest BCUT2D eigenvalue weighted by atomic mass is 127. The summed E-state index contributed by atoms with van der Waals surface area (Å²) in [6.07, 6.45) is 0. The second-order valence-corrected chi connectivity index (χ2v) is 7.23. The summed E-state index contributed by atoms with van der Waals surface area (Å²) < 4.78 is 16.6. The highest BCUT2D eigenvalue weighted by molar-refractivity contribution is 14.0. The highest BCUT2D eigenvalue weighted by Crippen LogP contribution is 2.38. The van der Waals surface area contributed by atoms with Gasteiger partial charge >= 0.3 is 0 Å². The maximum Gasteiger partial charge on any atom is 0.203 e. The predicted octanol–water partition coefficient (Wildman–Crippen LogP) is 4.64. The Balaban J connectivity index is 0.00000420. The van der Waals surface area contributed by atoms with Gasteiger partial charge in [0.2, 0.25) is 5.75 Å². The monoisotopic (exact) mass is 533 g/mol. The van der Waals surface area contributed by atoms with Gasteiger partial charge in [-0.15, -0.1) is 35.3 Å². The van der Waals surface area contributed by atoms with Gasteiger partial charge in [-0.1, -0.05) is 13.0 Å². The third-order valence-corrected chi connectivity index (χ3v) is 5.28. The van der Waals surface area contributed by atoms with Crippen molar-refractivity contribution in [2.75, 3.05) is 33.9 Å². The van der Waals surface area contributed by atoms with Gasteiger partial charge in [-0.05, 0) is 43.0 Å². The van der Waals surface area contributed by atoms with Crippen LogP contribution in [0.4, 0.5) is 0 Å². The van der Waals surface area contributed by atoms with Gasteiger partial charge in [-0.2, -0.15) is 0 Å². The van der Waals surface area contributed by atoms with Crippen LogP contribution in [0.3, 0.4) is 0 Å². The SMILES string of the molecule is CCNC(=NCc1cc(OC)c(OCC)c(OC)c1)NCC(C)c1cccs1.I. The normalized spacial score (nSPS) is 12.0. The first-order chi connectivity index (χ1) is 13.6. The molecule has 0 aliphatic rings. The van der Waals surface area contributed by atoms with Crippen LogP contribution in [0.25, 0.3) is 0 Å². The molecule has 1 atom stereocenters. The minimum Gasteiger partial charge on any atom is -0.493 e. The van der Waals surface area contributed by atoms with E-state index in [-0.39, 0.29) is 24.0 Å². The fourth-order valence-electron chi connectivity index (χ4n) is 2.75. The van der Waals surface area contributed by atoms with E-state index in [1.54, 1.807) is 25.6 Å². The summed E-state index contributed by atoms with van der Waals surface area (Å²) in [7, 11) is 3.25. The number of hydrogen-bond donors (Lipinski definition) is 2. The summed E-state index contributed by atoms with van der Waals surface area (Å²) in [5.74, 6) is 3.13. The Morgan fingerprint density at radius 1 is 1.14 bits per heavy atom. The molecule has 0 amide bonds. The molecule has 1 aromatic carbocycles. The standard InChI is InChI=1S/C21H31N3O3S.HI/c1-6-22-21(23-13-15(3)19-9-8-10-28-19)24-14-16-11-17(25-4)20(27-7-2)18(12-16)26-5;/h8-12,15H,6-7,13-14H2,1-5H3,(H2,22,23,24);1H. The van der Waals surface area contributed by atoms with Gasteiger partial charge < -0.3 is 24.8 Å². The molecule has 0 saturated heterocycles. The van der Waals surface area contributed by atoms with Gasteiger partial charge in [0.1, 0.15) is 0 Å². The largest absolute Gasteiger partial charge is 0.493 e. The van der Waals surface area contributed by atoms with Crippen LogP contribution < -0.4 is 24.8 Å². The topological polar surface area (TPSA) is 64.1 Å². The number of nitrogens with zero attached hydrogens (tertiary/aromatic N) is 1. The van der Waals surface area contributed by atoms with Crippen molar-refractivity contribution in [3.8, 4) is 17.2 Å². The van der Waals surface area contributed by atoms with Gasteiger partial charge in [-0.3, -0.25) is 0 Å². The lowest BCUT2D eigenvalue weighted by atomic mass is 10.1. The lowest BCUT2D eigenvalue weighted by molar-refractivity contribution is 0.288. The zero-order valence-corrected chi connectivity index (χ0v) is 20.9. The third-order valence-electron chi connectivity index (χ3n) is 4.18. The number of ether oxygens (including phenoxy) is 3. The molecule has 0 bridgehead atoms. The van der Waals surface area contributed by atoms with Crippen molar-refractivity contribution in [1.29, 1.82) is 0 Å². The fraction of sp³-hybridized carbons (Fsp3) is 0.476. The summed E-state index contributed by atoms with van der Waals surface area (Å²) >= 11 is 1.78. The second kappa shape index (κ2) is 13.5. The number of halogens is 1. The van der Waals surface area contributed by atoms with Crippen LogP contribution in [0.1, 0.15) is 37.1 Å². The zero-order chi connectivity index (χ0) is 20.4. The van der Waals surface area contributed by atoms with Crippen molar-refractivity contribution in [2.24, 2.45) is 4.99 Å². The van der Waals surface area contributed by atoms with Gasteiger partial charge in [0.05, 0.1) is 27.4 Å². The molecule has 1 heterocycles. The predicted molar refractivity (Wildman–Crippen MR) is 132 cm³/mol. The summed E-state index contributed by atoms with van der Waals surface area (Å²) in [5, 5.41) is 8.83. The summed E-state index contributed by atoms with van der Waals surface area (Å²) in [6, 6.07) is 8.13. The number of hydrogen-bond acceptors (Lipinski definition) is 5. The molecule has 2 rings (SSSR count). The van der Waals surface area contributed by atoms with Crippen LogP contribution in [0.15, 0.2) is 34.6 Å². The van der Waals surface area contributed by atoms with Crippen molar-refractivity contribution in [2.45, 2.75) is 33.2 Å². The van der Waals surface area contributed by atoms with Crippen LogP contribution >= 0.6 is 35.3 Å². The van der Waals surface area contributed by atoms with E-state index in [4.69, 9.17) is 19.2 Å². The lowest BCUT2D eigenvalue weighted by Crippen LogP contribution is -2.39. The van der Waals surface area contributed by atoms with Gasteiger partial charge in [0.15, 0.2) is 17.5 Å². The molecule has 162 valence electrons. The van der Waals surface area contributed by atoms with Crippen molar-refractivity contribution >= 4 is 41.3 Å². The first kappa shape index (κ1) is 25.4. The van der Waals surface area contributed by atoms with Gasteiger partial charge in [0.25, 0.3) is 0 Å². The number of thiophene rings is 1. The Bertz CT molecular complexity index is 729. The van der Waals surface area contributed by atoms with E-state index in [0.717, 1.165) is 24.6 Å². The summed E-state index contributed by atoms with van der Waals surface area (Å²) in [5.41, 5.74) is 0.987. The highest BCUT2D eigenvalue weighted by Gasteiger charge is 2.14. The smallest absolute Gasteiger partial charge is 0.203 e. The molecule has 29 heavy (non-hydrogen) atoms. The molecule has 0 saturated carbocycles. The van der Waals surface area contributed by atoms with Crippen molar-refractivity contribution in [1.82, 2.24) is 10.6 Å². The van der Waals surface area contributed by atoms with Crippen LogP contribution in [0.2, 0.25) is 0 Å². The average molecular weight is 533 g/mol. The number of rotatable bonds is 10. The van der Waals surface area contributed by atoms with Crippen molar-refractivity contribution in [3.63, 3.8) is 0 Å². The Kier molecular flexibility index (Phi) is 11.8. The summed E-state index contributed by atoms with van der Waals surface area (Å²) in [4.78, 5) is 6.07. The van der Waals surface area contributed by atoms with Crippen molar-refractivity contribution in [3.05, 3.63) is 40.1 Å². The zero-order valence-electron chi connectivity index (χ0n) is 17.8. The molecular weight excluding hydrogens is 501 g/mol. The molecule has 0 radical (unpaired) electrons. The number of aliphatic imine (C=N–C) groups is 1. The molecule has 0 aliphatic heterocycles. The van der Waals surface area contributed by atoms with Crippen LogP contribution in [0, 0.1) is 0 Å². The Morgan fingerprint density at radius 3 is 2.34 bits per heavy atom. The minimum atomic E-state index is 0. The van der Waals surface area contributed by atoms with Gasteiger partial charge in [-0.25, -0.2) is 4.99 Å². The Hall–Kier alpha value is -1.68. The van der Waals surface area contributed by atoms with E-state index in [2.05, 4.69) is 42.0 Å². The van der Waals surface area contributed by atoms with Crippen molar-refractivity contribution < 1.29 is 14.2 Å². The molecule has 8 heteroatoms. The maximum atomic E-state index is 5.66. The molecule has 1 aromatic heterocycles. The molecule has 0 fully saturated rings.